The van der Waals surface area contributed by atoms with E-state index in [0.717, 1.165) is 33.5 Å². The summed E-state index contributed by atoms with van der Waals surface area (Å²) in [5.41, 5.74) is 5.41. The van der Waals surface area contributed by atoms with Crippen molar-refractivity contribution in [2.24, 2.45) is 0 Å². The van der Waals surface area contributed by atoms with E-state index in [-0.39, 0.29) is 0 Å². The number of imidazole rings is 2. The van der Waals surface area contributed by atoms with Crippen LogP contribution >= 0.6 is 0 Å². The van der Waals surface area contributed by atoms with Crippen molar-refractivity contribution in [2.75, 3.05) is 0 Å². The predicted octanol–water partition coefficient (Wildman–Crippen LogP) is 7.19. The molecule has 3 nitrogen and oxygen atoms in total. The lowest BCUT2D eigenvalue weighted by Gasteiger charge is -2.34. The number of aromatic nitrogens is 3. The summed E-state index contributed by atoms with van der Waals surface area (Å²) in [5, 5.41) is 10.7. The molecule has 0 aliphatic carbocycles. The Morgan fingerprint density at radius 1 is 0.283 bits per heavy atom. The minimum Gasteiger partial charge on any atom is -0.278 e. The molecule has 60 heavy (non-hydrogen) atoms. The Bertz CT molecular complexity index is 3030. The summed E-state index contributed by atoms with van der Waals surface area (Å²) in [6, 6.07) is 92.1. The zero-order valence-electron chi connectivity index (χ0n) is 33.0. The molecule has 9 aromatic carbocycles. The molecule has 0 saturated heterocycles. The molecule has 0 aliphatic rings. The van der Waals surface area contributed by atoms with Crippen LogP contribution in [0, 0.1) is 0 Å². The molecule has 284 valence electrons. The zero-order chi connectivity index (χ0) is 39.9. The van der Waals surface area contributed by atoms with Crippen molar-refractivity contribution in [1.29, 1.82) is 0 Å². The van der Waals surface area contributed by atoms with E-state index in [9.17, 15) is 0 Å². The summed E-state index contributed by atoms with van der Waals surface area (Å²) in [4.78, 5) is 5.49. The molecular formula is C55H41N3Si2. The number of fused-ring (bicyclic) bond motifs is 5. The van der Waals surface area contributed by atoms with Gasteiger partial charge in [-0.15, -0.1) is 0 Å². The van der Waals surface area contributed by atoms with Crippen LogP contribution in [0.1, 0.15) is 0 Å². The smallest absolute Gasteiger partial charge is 0.220 e. The topological polar surface area (TPSA) is 22.2 Å². The van der Waals surface area contributed by atoms with Gasteiger partial charge in [0.05, 0.1) is 22.1 Å². The fourth-order valence-electron chi connectivity index (χ4n) is 9.88. The molecule has 0 bridgehead atoms. The van der Waals surface area contributed by atoms with Gasteiger partial charge < -0.3 is 0 Å². The molecule has 0 saturated carbocycles. The van der Waals surface area contributed by atoms with Crippen molar-refractivity contribution in [1.82, 2.24) is 14.0 Å². The largest absolute Gasteiger partial charge is 0.278 e. The third kappa shape index (κ3) is 5.51. The van der Waals surface area contributed by atoms with E-state index < -0.39 is 16.1 Å². The van der Waals surface area contributed by atoms with Crippen molar-refractivity contribution in [2.45, 2.75) is 0 Å². The lowest BCUT2D eigenvalue weighted by molar-refractivity contribution is 1.11. The van der Waals surface area contributed by atoms with Crippen LogP contribution in [0.2, 0.25) is 0 Å². The van der Waals surface area contributed by atoms with Crippen molar-refractivity contribution in [3.05, 3.63) is 249 Å². The summed E-state index contributed by atoms with van der Waals surface area (Å²) < 4.78 is 4.77. The lowest BCUT2D eigenvalue weighted by atomic mass is 10.2. The van der Waals surface area contributed by atoms with Crippen molar-refractivity contribution in [3.8, 4) is 5.69 Å². The van der Waals surface area contributed by atoms with Gasteiger partial charge in [0.15, 0.2) is 16.1 Å². The molecule has 0 radical (unpaired) electrons. The highest BCUT2D eigenvalue weighted by atomic mass is 28.3. The molecule has 0 unspecified atom stereocenters. The van der Waals surface area contributed by atoms with Gasteiger partial charge in [0.25, 0.3) is 0 Å². The quantitative estimate of drug-likeness (QED) is 0.112. The second-order valence-corrected chi connectivity index (χ2v) is 23.1. The Morgan fingerprint density at radius 2 is 0.617 bits per heavy atom. The van der Waals surface area contributed by atoms with Crippen LogP contribution in [0.5, 0.6) is 0 Å². The normalized spacial score (nSPS) is 12.0. The van der Waals surface area contributed by atoms with E-state index in [1.807, 2.05) is 0 Å². The number of rotatable bonds is 9. The predicted molar refractivity (Wildman–Crippen MR) is 257 cm³/mol. The molecule has 0 N–H and O–H groups in total. The molecule has 0 aliphatic heterocycles. The maximum atomic E-state index is 5.49. The van der Waals surface area contributed by atoms with Gasteiger partial charge in [0.1, 0.15) is 0 Å². The molecule has 5 heteroatoms. The first-order valence-electron chi connectivity index (χ1n) is 20.6. The van der Waals surface area contributed by atoms with Gasteiger partial charge in [0, 0.05) is 5.69 Å². The van der Waals surface area contributed by atoms with Crippen LogP contribution in [-0.2, 0) is 0 Å². The Balaban J connectivity index is 1.27. The van der Waals surface area contributed by atoms with Crippen LogP contribution in [0.15, 0.2) is 249 Å². The number of nitrogens with zero attached hydrogens (tertiary/aromatic N) is 3. The molecule has 2 aromatic heterocycles. The van der Waals surface area contributed by atoms with Gasteiger partial charge >= 0.3 is 0 Å². The van der Waals surface area contributed by atoms with E-state index in [1.54, 1.807) is 0 Å². The number of hydrogen-bond donors (Lipinski definition) is 0. The van der Waals surface area contributed by atoms with Crippen molar-refractivity contribution >= 4 is 85.5 Å². The van der Waals surface area contributed by atoms with Crippen LogP contribution in [-0.4, -0.2) is 30.1 Å². The molecular weight excluding hydrogens is 759 g/mol. The van der Waals surface area contributed by atoms with Gasteiger partial charge in [-0.1, -0.05) is 212 Å². The SMILES string of the molecule is c1ccc(-n2c3ccc([Si](c4ccccc4)(c4ccccc4)c4ccccc4)cc3n3c4cc([Si](c5ccccc5)(c5ccccc5)c5ccccc5)ccc4nc23)cc1. The molecule has 2 heterocycles. The monoisotopic (exact) mass is 799 g/mol. The fourth-order valence-corrected chi connectivity index (χ4v) is 19.4. The highest BCUT2D eigenvalue weighted by Crippen LogP contribution is 2.30. The highest BCUT2D eigenvalue weighted by Gasteiger charge is 2.43. The molecule has 11 rings (SSSR count). The average Bonchev–Trinajstić information content (AvgIpc) is 3.86. The van der Waals surface area contributed by atoms with Gasteiger partial charge in [-0.2, -0.15) is 0 Å². The summed E-state index contributed by atoms with van der Waals surface area (Å²) >= 11 is 0. The van der Waals surface area contributed by atoms with Gasteiger partial charge in [0.2, 0.25) is 5.78 Å². The second kappa shape index (κ2) is 14.8. The van der Waals surface area contributed by atoms with Gasteiger partial charge in [-0.05, 0) is 77.9 Å². The number of para-hydroxylation sites is 1. The minimum absolute atomic E-state index is 0.901. The van der Waals surface area contributed by atoms with Crippen LogP contribution in [0.4, 0.5) is 0 Å². The maximum Gasteiger partial charge on any atom is 0.220 e. The molecule has 0 spiro atoms. The van der Waals surface area contributed by atoms with Gasteiger partial charge in [-0.3, -0.25) is 8.97 Å². The minimum atomic E-state index is -2.83. The fraction of sp³-hybridized carbons (Fsp3) is 0. The van der Waals surface area contributed by atoms with Crippen LogP contribution in [0.3, 0.4) is 0 Å². The van der Waals surface area contributed by atoms with Crippen LogP contribution < -0.4 is 41.5 Å². The van der Waals surface area contributed by atoms with Crippen molar-refractivity contribution < 1.29 is 0 Å². The summed E-state index contributed by atoms with van der Waals surface area (Å²) in [6.45, 7) is 0. The van der Waals surface area contributed by atoms with Crippen molar-refractivity contribution in [3.63, 3.8) is 0 Å². The Kier molecular flexibility index (Phi) is 8.84. The zero-order valence-corrected chi connectivity index (χ0v) is 35.0. The first-order chi connectivity index (χ1) is 29.8. The molecule has 0 fully saturated rings. The molecule has 11 aromatic rings. The Morgan fingerprint density at radius 3 is 1.00 bits per heavy atom. The lowest BCUT2D eigenvalue weighted by Crippen LogP contribution is -2.74. The summed E-state index contributed by atoms with van der Waals surface area (Å²) in [7, 11) is -5.65. The second-order valence-electron chi connectivity index (χ2n) is 15.5. The van der Waals surface area contributed by atoms with Crippen LogP contribution in [0.25, 0.3) is 33.5 Å². The van der Waals surface area contributed by atoms with E-state index in [0.29, 0.717) is 0 Å². The molecule has 0 atom stereocenters. The van der Waals surface area contributed by atoms with Gasteiger partial charge in [-0.25, -0.2) is 4.98 Å². The summed E-state index contributed by atoms with van der Waals surface area (Å²) in [6.07, 6.45) is 0. The van der Waals surface area contributed by atoms with E-state index in [1.165, 1.54) is 41.5 Å². The average molecular weight is 800 g/mol. The number of hydrogen-bond acceptors (Lipinski definition) is 1. The first kappa shape index (κ1) is 35.8. The summed E-state index contributed by atoms with van der Waals surface area (Å²) in [5.74, 6) is 0.901. The first-order valence-corrected chi connectivity index (χ1v) is 24.6. The Labute approximate surface area is 352 Å². The highest BCUT2D eigenvalue weighted by molar-refractivity contribution is 7.20. The number of benzene rings is 9. The van der Waals surface area contributed by atoms with E-state index >= 15 is 0 Å². The van der Waals surface area contributed by atoms with E-state index in [2.05, 4.69) is 258 Å². The third-order valence-electron chi connectivity index (χ3n) is 12.4. The third-order valence-corrected chi connectivity index (χ3v) is 22.0. The maximum absolute atomic E-state index is 5.49. The molecule has 0 amide bonds. The standard InChI is InChI=1S/C55H41N3Si2/c1-8-22-42(23-9-1)57-52-39-37-50(60(46-30-16-5-17-31-46,47-32-18-6-19-33-47)48-34-20-7-21-35-48)41-54(52)58-53-40-49(36-38-51(53)56-55(57)58)59(43-24-10-2-11-25-43,44-26-12-3-13-27-44)45-28-14-4-15-29-45/h1-41H. The van der Waals surface area contributed by atoms with E-state index in [4.69, 9.17) is 4.98 Å². The Hall–Kier alpha value is -7.32.